The van der Waals surface area contributed by atoms with Gasteiger partial charge >= 0.3 is 0 Å². The van der Waals surface area contributed by atoms with Crippen LogP contribution in [0.4, 0.5) is 0 Å². The van der Waals surface area contributed by atoms with Gasteiger partial charge in [-0.25, -0.2) is 4.98 Å². The Morgan fingerprint density at radius 2 is 2.47 bits per heavy atom. The van der Waals surface area contributed by atoms with Gasteiger partial charge in [0.15, 0.2) is 0 Å². The molecule has 0 saturated carbocycles. The molecule has 2 atom stereocenters. The first-order valence-electron chi connectivity index (χ1n) is 5.13. The Kier molecular flexibility index (Phi) is 3.69. The molecule has 0 aliphatic carbocycles. The summed E-state index contributed by atoms with van der Waals surface area (Å²) >= 11 is 1.64. The van der Waals surface area contributed by atoms with Crippen LogP contribution in [-0.2, 0) is 9.47 Å². The second-order valence-corrected chi connectivity index (χ2v) is 4.45. The molecule has 2 heterocycles. The number of nitrogens with one attached hydrogen (secondary N) is 1. The van der Waals surface area contributed by atoms with Gasteiger partial charge in [0.05, 0.1) is 25.5 Å². The van der Waals surface area contributed by atoms with Gasteiger partial charge in [0.25, 0.3) is 0 Å². The number of nitrogens with zero attached hydrogens (tertiary/aromatic N) is 1. The molecule has 5 heteroatoms. The van der Waals surface area contributed by atoms with Gasteiger partial charge in [0.2, 0.25) is 0 Å². The molecule has 0 aromatic carbocycles. The molecule has 1 N–H and O–H groups in total. The van der Waals surface area contributed by atoms with Crippen molar-refractivity contribution in [3.63, 3.8) is 0 Å². The lowest BCUT2D eigenvalue weighted by molar-refractivity contribution is -0.0902. The van der Waals surface area contributed by atoms with Crippen LogP contribution >= 0.6 is 11.3 Å². The molecule has 2 rings (SSSR count). The number of thiazole rings is 1. The maximum atomic E-state index is 5.59. The first kappa shape index (κ1) is 11.0. The van der Waals surface area contributed by atoms with Gasteiger partial charge in [-0.15, -0.1) is 11.3 Å². The summed E-state index contributed by atoms with van der Waals surface area (Å²) in [6, 6.07) is 0.291. The maximum absolute atomic E-state index is 5.59. The monoisotopic (exact) mass is 228 g/mol. The molecule has 84 valence electrons. The molecule has 0 bridgehead atoms. The minimum absolute atomic E-state index is 0.0292. The minimum Gasteiger partial charge on any atom is -0.376 e. The molecule has 1 aromatic rings. The van der Waals surface area contributed by atoms with Crippen molar-refractivity contribution in [3.05, 3.63) is 16.1 Å². The highest BCUT2D eigenvalue weighted by atomic mass is 32.1. The summed E-state index contributed by atoms with van der Waals surface area (Å²) in [7, 11) is 1.93. The van der Waals surface area contributed by atoms with E-state index in [4.69, 9.17) is 9.47 Å². The molecule has 1 fully saturated rings. The number of hydrogen-bond acceptors (Lipinski definition) is 5. The number of rotatable bonds is 3. The highest BCUT2D eigenvalue weighted by molar-refractivity contribution is 7.09. The van der Waals surface area contributed by atoms with Crippen molar-refractivity contribution >= 4 is 11.3 Å². The molecular formula is C10H16N2O2S. The fourth-order valence-corrected chi connectivity index (χ4v) is 2.37. The summed E-state index contributed by atoms with van der Waals surface area (Å²) < 4.78 is 11.0. The largest absolute Gasteiger partial charge is 0.376 e. The zero-order valence-corrected chi connectivity index (χ0v) is 9.84. The third kappa shape index (κ3) is 2.55. The molecular weight excluding hydrogens is 212 g/mol. The first-order chi connectivity index (χ1) is 7.31. The highest BCUT2D eigenvalue weighted by Crippen LogP contribution is 2.26. The quantitative estimate of drug-likeness (QED) is 0.851. The smallest absolute Gasteiger partial charge is 0.132 e. The van der Waals surface area contributed by atoms with Crippen molar-refractivity contribution in [2.75, 3.05) is 26.9 Å². The van der Waals surface area contributed by atoms with Crippen LogP contribution in [0, 0.1) is 0 Å². The summed E-state index contributed by atoms with van der Waals surface area (Å²) in [4.78, 5) is 4.56. The van der Waals surface area contributed by atoms with Crippen LogP contribution < -0.4 is 5.32 Å². The lowest BCUT2D eigenvalue weighted by atomic mass is 10.3. The summed E-state index contributed by atoms with van der Waals surface area (Å²) in [6.45, 7) is 4.08. The van der Waals surface area contributed by atoms with Gasteiger partial charge in [0.1, 0.15) is 11.1 Å². The molecule has 0 amide bonds. The lowest BCUT2D eigenvalue weighted by Gasteiger charge is -2.20. The predicted molar refractivity (Wildman–Crippen MR) is 59.1 cm³/mol. The minimum atomic E-state index is 0.0292. The Morgan fingerprint density at radius 3 is 3.13 bits per heavy atom. The van der Waals surface area contributed by atoms with Crippen LogP contribution in [0.2, 0.25) is 0 Å². The van der Waals surface area contributed by atoms with E-state index in [0.29, 0.717) is 25.9 Å². The molecule has 1 saturated heterocycles. The van der Waals surface area contributed by atoms with Gasteiger partial charge in [-0.2, -0.15) is 0 Å². The summed E-state index contributed by atoms with van der Waals surface area (Å²) in [5.74, 6) is 0. The van der Waals surface area contributed by atoms with Crippen molar-refractivity contribution < 1.29 is 9.47 Å². The Labute approximate surface area is 93.6 Å². The first-order valence-corrected chi connectivity index (χ1v) is 6.01. The molecule has 0 spiro atoms. The van der Waals surface area contributed by atoms with Crippen LogP contribution in [0.5, 0.6) is 0 Å². The Hall–Kier alpha value is -0.490. The summed E-state index contributed by atoms with van der Waals surface area (Å²) in [5, 5.41) is 6.27. The van der Waals surface area contributed by atoms with E-state index in [0.717, 1.165) is 10.7 Å². The van der Waals surface area contributed by atoms with Crippen LogP contribution in [0.3, 0.4) is 0 Å². The predicted octanol–water partition coefficient (Wildman–Crippen LogP) is 1.51. The van der Waals surface area contributed by atoms with E-state index in [-0.39, 0.29) is 6.10 Å². The number of aromatic nitrogens is 1. The number of hydrogen-bond donors (Lipinski definition) is 1. The van der Waals surface area contributed by atoms with Crippen LogP contribution in [0.15, 0.2) is 5.38 Å². The van der Waals surface area contributed by atoms with E-state index in [2.05, 4.69) is 22.6 Å². The molecule has 2 unspecified atom stereocenters. The highest BCUT2D eigenvalue weighted by Gasteiger charge is 2.20. The number of ether oxygens (including phenoxy) is 2. The van der Waals surface area contributed by atoms with Gasteiger partial charge in [-0.3, -0.25) is 0 Å². The molecule has 4 nitrogen and oxygen atoms in total. The molecule has 0 radical (unpaired) electrons. The summed E-state index contributed by atoms with van der Waals surface area (Å²) in [5.41, 5.74) is 1.08. The zero-order chi connectivity index (χ0) is 10.7. The van der Waals surface area contributed by atoms with E-state index >= 15 is 0 Å². The van der Waals surface area contributed by atoms with Crippen molar-refractivity contribution in [2.24, 2.45) is 0 Å². The van der Waals surface area contributed by atoms with Gasteiger partial charge < -0.3 is 14.8 Å². The summed E-state index contributed by atoms with van der Waals surface area (Å²) in [6.07, 6.45) is 0.0292. The van der Waals surface area contributed by atoms with Gasteiger partial charge in [-0.05, 0) is 14.0 Å². The SMILES string of the molecule is CNC(C)c1csc(C2COCCO2)n1. The third-order valence-corrected chi connectivity index (χ3v) is 3.46. The Bertz CT molecular complexity index is 310. The van der Waals surface area contributed by atoms with Crippen LogP contribution in [0.1, 0.15) is 29.8 Å². The van der Waals surface area contributed by atoms with E-state index in [9.17, 15) is 0 Å². The average Bonchev–Trinajstić information content (AvgIpc) is 2.78. The topological polar surface area (TPSA) is 43.4 Å². The van der Waals surface area contributed by atoms with E-state index in [1.165, 1.54) is 0 Å². The second-order valence-electron chi connectivity index (χ2n) is 3.56. The molecule has 15 heavy (non-hydrogen) atoms. The van der Waals surface area contributed by atoms with Gasteiger partial charge in [-0.1, -0.05) is 0 Å². The van der Waals surface area contributed by atoms with E-state index in [1.807, 2.05) is 7.05 Å². The maximum Gasteiger partial charge on any atom is 0.132 e. The second kappa shape index (κ2) is 5.03. The normalized spacial score (nSPS) is 24.0. The molecule has 1 aliphatic rings. The molecule has 1 aliphatic heterocycles. The fraction of sp³-hybridized carbons (Fsp3) is 0.700. The Morgan fingerprint density at radius 1 is 1.60 bits per heavy atom. The van der Waals surface area contributed by atoms with Crippen LogP contribution in [-0.4, -0.2) is 31.9 Å². The zero-order valence-electron chi connectivity index (χ0n) is 9.03. The Balaban J connectivity index is 2.05. The molecule has 1 aromatic heterocycles. The fourth-order valence-electron chi connectivity index (χ4n) is 1.43. The lowest BCUT2D eigenvalue weighted by Crippen LogP contribution is -2.22. The average molecular weight is 228 g/mol. The van der Waals surface area contributed by atoms with E-state index < -0.39 is 0 Å². The van der Waals surface area contributed by atoms with Gasteiger partial charge in [0, 0.05) is 11.4 Å². The van der Waals surface area contributed by atoms with Crippen molar-refractivity contribution in [1.82, 2.24) is 10.3 Å². The van der Waals surface area contributed by atoms with Crippen molar-refractivity contribution in [3.8, 4) is 0 Å². The third-order valence-electron chi connectivity index (χ3n) is 2.51. The standard InChI is InChI=1S/C10H16N2O2S/c1-7(11-2)8-6-15-10(12-8)9-5-13-3-4-14-9/h6-7,9,11H,3-5H2,1-2H3. The van der Waals surface area contributed by atoms with Crippen molar-refractivity contribution in [1.29, 1.82) is 0 Å². The van der Waals surface area contributed by atoms with Crippen molar-refractivity contribution in [2.45, 2.75) is 19.1 Å². The van der Waals surface area contributed by atoms with Crippen LogP contribution in [0.25, 0.3) is 0 Å². The van der Waals surface area contributed by atoms with E-state index in [1.54, 1.807) is 11.3 Å².